The van der Waals surface area contributed by atoms with Crippen molar-refractivity contribution in [1.29, 1.82) is 0 Å². The highest BCUT2D eigenvalue weighted by atomic mass is 32.2. The second kappa shape index (κ2) is 8.99. The number of nitrogens with two attached hydrogens (primary N) is 1. The molecule has 0 atom stereocenters. The predicted octanol–water partition coefficient (Wildman–Crippen LogP) is -0.396. The van der Waals surface area contributed by atoms with Gasteiger partial charge in [0.05, 0.1) is 19.8 Å². The minimum Gasteiger partial charge on any atom is -0.394 e. The Morgan fingerprint density at radius 3 is 2.83 bits per heavy atom. The number of thioether (sulfide) groups is 1. The van der Waals surface area contributed by atoms with Crippen molar-refractivity contribution in [1.82, 2.24) is 0 Å². The Bertz CT molecular complexity index is 121. The molecule has 0 radical (unpaired) electrons. The van der Waals surface area contributed by atoms with E-state index in [1.165, 1.54) is 11.8 Å². The van der Waals surface area contributed by atoms with Crippen LogP contribution in [0.2, 0.25) is 0 Å². The average molecular weight is 193 g/mol. The summed E-state index contributed by atoms with van der Waals surface area (Å²) in [7, 11) is 0. The minimum absolute atomic E-state index is 0.0292. The van der Waals surface area contributed by atoms with Crippen molar-refractivity contribution < 1.29 is 14.6 Å². The van der Waals surface area contributed by atoms with Gasteiger partial charge in [-0.05, 0) is 0 Å². The van der Waals surface area contributed by atoms with E-state index in [2.05, 4.69) is 0 Å². The van der Waals surface area contributed by atoms with E-state index in [0.29, 0.717) is 31.9 Å². The van der Waals surface area contributed by atoms with E-state index >= 15 is 0 Å². The summed E-state index contributed by atoms with van der Waals surface area (Å²) in [4.78, 5) is 10.9. The van der Waals surface area contributed by atoms with E-state index in [-0.39, 0.29) is 11.7 Å². The third kappa shape index (κ3) is 8.00. The predicted molar refractivity (Wildman–Crippen MR) is 49.0 cm³/mol. The summed E-state index contributed by atoms with van der Waals surface area (Å²) in [6.07, 6.45) is 0.421. The first kappa shape index (κ1) is 11.9. The fourth-order valence-corrected chi connectivity index (χ4v) is 1.26. The molecule has 0 heterocycles. The standard InChI is InChI=1S/C7H15NO3S/c8-2-1-7(10)12-6-5-11-4-3-9/h9H,1-6,8H2. The summed E-state index contributed by atoms with van der Waals surface area (Å²) >= 11 is 1.23. The van der Waals surface area contributed by atoms with Gasteiger partial charge in [0.15, 0.2) is 5.12 Å². The summed E-state index contributed by atoms with van der Waals surface area (Å²) in [6, 6.07) is 0. The van der Waals surface area contributed by atoms with Crippen LogP contribution < -0.4 is 5.73 Å². The Balaban J connectivity index is 3.03. The third-order valence-electron chi connectivity index (χ3n) is 1.07. The molecular formula is C7H15NO3S. The summed E-state index contributed by atoms with van der Waals surface area (Å²) in [6.45, 7) is 1.28. The van der Waals surface area contributed by atoms with Gasteiger partial charge in [0.25, 0.3) is 0 Å². The van der Waals surface area contributed by atoms with Crippen molar-refractivity contribution in [2.24, 2.45) is 5.73 Å². The van der Waals surface area contributed by atoms with E-state index < -0.39 is 0 Å². The molecule has 0 aliphatic rings. The lowest BCUT2D eigenvalue weighted by Gasteiger charge is -2.00. The second-order valence-corrected chi connectivity index (χ2v) is 3.25. The molecule has 4 nitrogen and oxygen atoms in total. The van der Waals surface area contributed by atoms with Crippen LogP contribution in [0.4, 0.5) is 0 Å². The highest BCUT2D eigenvalue weighted by molar-refractivity contribution is 8.13. The van der Waals surface area contributed by atoms with Gasteiger partial charge in [-0.15, -0.1) is 0 Å². The molecule has 0 fully saturated rings. The average Bonchev–Trinajstić information content (AvgIpc) is 2.05. The molecule has 0 spiro atoms. The van der Waals surface area contributed by atoms with Crippen molar-refractivity contribution in [3.8, 4) is 0 Å². The molecule has 0 aliphatic heterocycles. The molecule has 0 saturated heterocycles. The van der Waals surface area contributed by atoms with Crippen molar-refractivity contribution in [2.75, 3.05) is 32.1 Å². The maximum Gasteiger partial charge on any atom is 0.190 e. The van der Waals surface area contributed by atoms with Gasteiger partial charge in [-0.25, -0.2) is 0 Å². The van der Waals surface area contributed by atoms with Crippen LogP contribution in [0, 0.1) is 0 Å². The van der Waals surface area contributed by atoms with E-state index in [9.17, 15) is 4.79 Å². The quantitative estimate of drug-likeness (QED) is 0.538. The largest absolute Gasteiger partial charge is 0.394 e. The van der Waals surface area contributed by atoms with Crippen molar-refractivity contribution >= 4 is 16.9 Å². The number of rotatable bonds is 7. The topological polar surface area (TPSA) is 72.6 Å². The maximum absolute atomic E-state index is 10.9. The van der Waals surface area contributed by atoms with Crippen LogP contribution in [-0.4, -0.2) is 42.3 Å². The van der Waals surface area contributed by atoms with Gasteiger partial charge in [0.1, 0.15) is 0 Å². The number of aliphatic hydroxyl groups is 1. The first-order valence-corrected chi connectivity index (χ1v) is 4.84. The zero-order valence-electron chi connectivity index (χ0n) is 6.99. The smallest absolute Gasteiger partial charge is 0.190 e. The lowest BCUT2D eigenvalue weighted by atomic mass is 10.5. The van der Waals surface area contributed by atoms with Crippen molar-refractivity contribution in [3.63, 3.8) is 0 Å². The van der Waals surface area contributed by atoms with E-state index in [1.807, 2.05) is 0 Å². The van der Waals surface area contributed by atoms with Crippen LogP contribution in [0.15, 0.2) is 0 Å². The van der Waals surface area contributed by atoms with Crippen LogP contribution >= 0.6 is 11.8 Å². The SMILES string of the molecule is NCCC(=O)SCCOCCO. The molecule has 5 heteroatoms. The monoisotopic (exact) mass is 193 g/mol. The number of ether oxygens (including phenoxy) is 1. The molecule has 0 aromatic heterocycles. The highest BCUT2D eigenvalue weighted by Crippen LogP contribution is 2.03. The summed E-state index contributed by atoms with van der Waals surface area (Å²) < 4.78 is 4.96. The van der Waals surface area contributed by atoms with Gasteiger partial charge in [-0.2, -0.15) is 0 Å². The van der Waals surface area contributed by atoms with Crippen LogP contribution in [-0.2, 0) is 9.53 Å². The van der Waals surface area contributed by atoms with Crippen molar-refractivity contribution in [2.45, 2.75) is 6.42 Å². The van der Waals surface area contributed by atoms with Crippen molar-refractivity contribution in [3.05, 3.63) is 0 Å². The van der Waals surface area contributed by atoms with Crippen LogP contribution in [0.3, 0.4) is 0 Å². The number of hydrogen-bond acceptors (Lipinski definition) is 5. The number of hydrogen-bond donors (Lipinski definition) is 2. The fourth-order valence-electron chi connectivity index (χ4n) is 0.571. The lowest BCUT2D eigenvalue weighted by molar-refractivity contribution is -0.110. The van der Waals surface area contributed by atoms with Gasteiger partial charge in [0, 0.05) is 18.7 Å². The Morgan fingerprint density at radius 1 is 1.50 bits per heavy atom. The van der Waals surface area contributed by atoms with Crippen LogP contribution in [0.5, 0.6) is 0 Å². The van der Waals surface area contributed by atoms with Crippen LogP contribution in [0.25, 0.3) is 0 Å². The van der Waals surface area contributed by atoms with Crippen LogP contribution in [0.1, 0.15) is 6.42 Å². The Labute approximate surface area is 76.5 Å². The van der Waals surface area contributed by atoms with Gasteiger partial charge < -0.3 is 15.6 Å². The molecular weight excluding hydrogens is 178 g/mol. The lowest BCUT2D eigenvalue weighted by Crippen LogP contribution is -2.07. The van der Waals surface area contributed by atoms with E-state index in [1.54, 1.807) is 0 Å². The molecule has 0 unspecified atom stereocenters. The third-order valence-corrected chi connectivity index (χ3v) is 1.97. The van der Waals surface area contributed by atoms with Gasteiger partial charge in [-0.1, -0.05) is 11.8 Å². The summed E-state index contributed by atoms with van der Waals surface area (Å²) in [5.74, 6) is 0.638. The minimum atomic E-state index is 0.0292. The molecule has 0 aromatic carbocycles. The molecule has 0 aliphatic carbocycles. The molecule has 0 saturated carbocycles. The van der Waals surface area contributed by atoms with E-state index in [0.717, 1.165) is 0 Å². The molecule has 0 rings (SSSR count). The van der Waals surface area contributed by atoms with Gasteiger partial charge in [-0.3, -0.25) is 4.79 Å². The molecule has 0 bridgehead atoms. The molecule has 12 heavy (non-hydrogen) atoms. The van der Waals surface area contributed by atoms with Gasteiger partial charge >= 0.3 is 0 Å². The zero-order chi connectivity index (χ0) is 9.23. The number of carbonyl (C=O) groups is 1. The highest BCUT2D eigenvalue weighted by Gasteiger charge is 1.99. The molecule has 0 aromatic rings. The van der Waals surface area contributed by atoms with E-state index in [4.69, 9.17) is 15.6 Å². The first-order valence-electron chi connectivity index (χ1n) is 3.85. The Hall–Kier alpha value is -0.100. The Kier molecular flexibility index (Phi) is 8.92. The molecule has 3 N–H and O–H groups in total. The molecule has 72 valence electrons. The fraction of sp³-hybridized carbons (Fsp3) is 0.857. The Morgan fingerprint density at radius 2 is 2.25 bits per heavy atom. The summed E-state index contributed by atoms with van der Waals surface area (Å²) in [5, 5.41) is 8.45. The first-order chi connectivity index (χ1) is 5.81. The number of aliphatic hydroxyl groups excluding tert-OH is 1. The maximum atomic E-state index is 10.9. The summed E-state index contributed by atoms with van der Waals surface area (Å²) in [5.41, 5.74) is 5.18. The normalized spacial score (nSPS) is 10.2. The number of carbonyl (C=O) groups excluding carboxylic acids is 1. The second-order valence-electron chi connectivity index (χ2n) is 2.10. The zero-order valence-corrected chi connectivity index (χ0v) is 7.81. The molecule has 0 amide bonds. The van der Waals surface area contributed by atoms with Gasteiger partial charge in [0.2, 0.25) is 0 Å².